The summed E-state index contributed by atoms with van der Waals surface area (Å²) in [4.78, 5) is 12.5. The first-order valence-corrected chi connectivity index (χ1v) is 13.3. The quantitative estimate of drug-likeness (QED) is 0.540. The zero-order valence-corrected chi connectivity index (χ0v) is 20.0. The molecular weight excluding hydrogens is 469 g/mol. The van der Waals surface area contributed by atoms with Gasteiger partial charge in [0, 0.05) is 31.3 Å². The third kappa shape index (κ3) is 4.97. The van der Waals surface area contributed by atoms with Crippen LogP contribution in [0.2, 0.25) is 0 Å². The highest BCUT2D eigenvalue weighted by molar-refractivity contribution is 7.93. The highest BCUT2D eigenvalue weighted by Crippen LogP contribution is 2.28. The Hall–Kier alpha value is -3.53. The van der Waals surface area contributed by atoms with Gasteiger partial charge in [0.15, 0.2) is 5.82 Å². The van der Waals surface area contributed by atoms with Crippen LogP contribution in [0.5, 0.6) is 0 Å². The number of anilines is 2. The fourth-order valence-electron chi connectivity index (χ4n) is 4.50. The SMILES string of the molecule is O=C(/C=C/c1ccc(N2CCCS2(=O)=O)cc1)Nc1ccc(F)c(-c2nnc3n2CCCCC3)c1. The Bertz CT molecular complexity index is 1380. The Morgan fingerprint density at radius 1 is 1.00 bits per heavy atom. The van der Waals surface area contributed by atoms with E-state index in [0.29, 0.717) is 35.7 Å². The maximum Gasteiger partial charge on any atom is 0.248 e. The summed E-state index contributed by atoms with van der Waals surface area (Å²) in [5, 5.41) is 11.2. The fraction of sp³-hybridized carbons (Fsp3) is 0.320. The van der Waals surface area contributed by atoms with Crippen molar-refractivity contribution in [1.82, 2.24) is 14.8 Å². The molecular formula is C25H26FN5O3S. The molecule has 10 heteroatoms. The Labute approximate surface area is 203 Å². The monoisotopic (exact) mass is 495 g/mol. The molecule has 8 nitrogen and oxygen atoms in total. The fourth-order valence-corrected chi connectivity index (χ4v) is 6.06. The number of fused-ring (bicyclic) bond motifs is 1. The first-order chi connectivity index (χ1) is 16.9. The van der Waals surface area contributed by atoms with Gasteiger partial charge in [0.05, 0.1) is 17.0 Å². The molecule has 182 valence electrons. The van der Waals surface area contributed by atoms with Gasteiger partial charge in [-0.3, -0.25) is 9.10 Å². The summed E-state index contributed by atoms with van der Waals surface area (Å²) in [7, 11) is -3.23. The maximum atomic E-state index is 14.7. The van der Waals surface area contributed by atoms with Gasteiger partial charge in [0.25, 0.3) is 0 Å². The van der Waals surface area contributed by atoms with E-state index in [1.54, 1.807) is 36.4 Å². The topological polar surface area (TPSA) is 97.2 Å². The molecule has 3 heterocycles. The maximum absolute atomic E-state index is 14.7. The summed E-state index contributed by atoms with van der Waals surface area (Å²) in [6.45, 7) is 1.23. The van der Waals surface area contributed by atoms with E-state index in [9.17, 15) is 17.6 Å². The molecule has 2 aliphatic heterocycles. The van der Waals surface area contributed by atoms with Crippen LogP contribution in [0.15, 0.2) is 48.5 Å². The number of nitrogens with one attached hydrogen (secondary N) is 1. The number of sulfonamides is 1. The Morgan fingerprint density at radius 3 is 2.60 bits per heavy atom. The molecule has 0 spiro atoms. The van der Waals surface area contributed by atoms with Crippen molar-refractivity contribution in [2.24, 2.45) is 0 Å². The predicted octanol–water partition coefficient (Wildman–Crippen LogP) is 4.00. The predicted molar refractivity (Wildman–Crippen MR) is 133 cm³/mol. The van der Waals surface area contributed by atoms with Crippen LogP contribution in [0.1, 0.15) is 37.1 Å². The average Bonchev–Trinajstić information content (AvgIpc) is 3.32. The molecule has 3 aromatic rings. The van der Waals surface area contributed by atoms with Gasteiger partial charge in [-0.05, 0) is 61.2 Å². The van der Waals surface area contributed by atoms with E-state index in [-0.39, 0.29) is 11.7 Å². The number of aromatic nitrogens is 3. The number of carbonyl (C=O) groups is 1. The van der Waals surface area contributed by atoms with Crippen molar-refractivity contribution in [3.05, 3.63) is 65.7 Å². The molecule has 2 aliphatic rings. The second-order valence-corrected chi connectivity index (χ2v) is 10.8. The average molecular weight is 496 g/mol. The first-order valence-electron chi connectivity index (χ1n) is 11.7. The second-order valence-electron chi connectivity index (χ2n) is 8.75. The van der Waals surface area contributed by atoms with Crippen LogP contribution >= 0.6 is 0 Å². The molecule has 0 unspecified atom stereocenters. The lowest BCUT2D eigenvalue weighted by Crippen LogP contribution is -2.24. The minimum atomic E-state index is -3.23. The van der Waals surface area contributed by atoms with Crippen molar-refractivity contribution in [2.75, 3.05) is 21.9 Å². The normalized spacial score (nSPS) is 17.3. The molecule has 1 amide bonds. The van der Waals surface area contributed by atoms with Crippen molar-refractivity contribution in [2.45, 2.75) is 38.6 Å². The molecule has 35 heavy (non-hydrogen) atoms. The second kappa shape index (κ2) is 9.61. The van der Waals surface area contributed by atoms with Crippen molar-refractivity contribution in [1.29, 1.82) is 0 Å². The van der Waals surface area contributed by atoms with Gasteiger partial charge in [-0.25, -0.2) is 12.8 Å². The summed E-state index contributed by atoms with van der Waals surface area (Å²) in [6.07, 6.45) is 7.61. The molecule has 1 aromatic heterocycles. The zero-order valence-electron chi connectivity index (χ0n) is 19.2. The Balaban J connectivity index is 1.28. The molecule has 0 saturated carbocycles. The number of nitrogens with zero attached hydrogens (tertiary/aromatic N) is 4. The van der Waals surface area contributed by atoms with E-state index in [1.807, 2.05) is 4.57 Å². The summed E-state index contributed by atoms with van der Waals surface area (Å²) in [5.74, 6) is 0.722. The third-order valence-electron chi connectivity index (χ3n) is 6.29. The number of hydrogen-bond donors (Lipinski definition) is 1. The Morgan fingerprint density at radius 2 is 1.83 bits per heavy atom. The van der Waals surface area contributed by atoms with Crippen molar-refractivity contribution in [3.8, 4) is 11.4 Å². The number of benzene rings is 2. The lowest BCUT2D eigenvalue weighted by atomic mass is 10.1. The van der Waals surface area contributed by atoms with E-state index in [1.165, 1.54) is 22.5 Å². The third-order valence-corrected chi connectivity index (χ3v) is 8.16. The minimum Gasteiger partial charge on any atom is -0.322 e. The van der Waals surface area contributed by atoms with Crippen LogP contribution in [0.3, 0.4) is 0 Å². The molecule has 0 radical (unpaired) electrons. The first kappa shape index (κ1) is 23.2. The van der Waals surface area contributed by atoms with E-state index in [4.69, 9.17) is 0 Å². The number of aryl methyl sites for hydroxylation is 1. The summed E-state index contributed by atoms with van der Waals surface area (Å²) in [6, 6.07) is 11.4. The van der Waals surface area contributed by atoms with Crippen LogP contribution in [-0.4, -0.2) is 41.4 Å². The molecule has 2 aromatic carbocycles. The van der Waals surface area contributed by atoms with Crippen LogP contribution in [-0.2, 0) is 27.8 Å². The number of amides is 1. The van der Waals surface area contributed by atoms with E-state index < -0.39 is 15.8 Å². The molecule has 1 fully saturated rings. The number of halogens is 1. The molecule has 1 N–H and O–H groups in total. The number of hydrogen-bond acceptors (Lipinski definition) is 5. The van der Waals surface area contributed by atoms with Crippen LogP contribution in [0.4, 0.5) is 15.8 Å². The summed E-state index contributed by atoms with van der Waals surface area (Å²) in [5.41, 5.74) is 2.14. The number of carbonyl (C=O) groups excluding carboxylic acids is 1. The van der Waals surface area contributed by atoms with Gasteiger partial charge in [-0.15, -0.1) is 10.2 Å². The van der Waals surface area contributed by atoms with Gasteiger partial charge >= 0.3 is 0 Å². The van der Waals surface area contributed by atoms with Crippen LogP contribution in [0.25, 0.3) is 17.5 Å². The highest BCUT2D eigenvalue weighted by Gasteiger charge is 2.28. The smallest absolute Gasteiger partial charge is 0.248 e. The molecule has 5 rings (SSSR count). The molecule has 1 saturated heterocycles. The lowest BCUT2D eigenvalue weighted by Gasteiger charge is -2.16. The van der Waals surface area contributed by atoms with Gasteiger partial charge in [0.2, 0.25) is 15.9 Å². The van der Waals surface area contributed by atoms with Gasteiger partial charge in [-0.1, -0.05) is 18.6 Å². The summed E-state index contributed by atoms with van der Waals surface area (Å²) >= 11 is 0. The van der Waals surface area contributed by atoms with Crippen LogP contribution in [0, 0.1) is 5.82 Å². The minimum absolute atomic E-state index is 0.166. The zero-order chi connectivity index (χ0) is 24.4. The lowest BCUT2D eigenvalue weighted by molar-refractivity contribution is -0.111. The van der Waals surface area contributed by atoms with E-state index >= 15 is 0 Å². The standard InChI is InChI=1S/C25H26FN5O3S/c26-22-12-9-19(17-21(22)25-29-28-23-5-2-1-3-14-30(23)25)27-24(32)13-8-18-6-10-20(11-7-18)31-15-4-16-35(31,33)34/h6-13,17H,1-5,14-16H2,(H,27,32)/b13-8+. The molecule has 0 aliphatic carbocycles. The van der Waals surface area contributed by atoms with Gasteiger partial charge in [0.1, 0.15) is 11.6 Å². The van der Waals surface area contributed by atoms with Crippen molar-refractivity contribution in [3.63, 3.8) is 0 Å². The van der Waals surface area contributed by atoms with Crippen molar-refractivity contribution < 1.29 is 17.6 Å². The Kier molecular flexibility index (Phi) is 6.38. The molecule has 0 bridgehead atoms. The largest absolute Gasteiger partial charge is 0.322 e. The van der Waals surface area contributed by atoms with Crippen molar-refractivity contribution >= 4 is 33.4 Å². The summed E-state index contributed by atoms with van der Waals surface area (Å²) < 4.78 is 42.2. The van der Waals surface area contributed by atoms with E-state index in [0.717, 1.165) is 43.6 Å². The van der Waals surface area contributed by atoms with Gasteiger partial charge in [-0.2, -0.15) is 0 Å². The number of rotatable bonds is 5. The van der Waals surface area contributed by atoms with Gasteiger partial charge < -0.3 is 9.88 Å². The van der Waals surface area contributed by atoms with Crippen LogP contribution < -0.4 is 9.62 Å². The van der Waals surface area contributed by atoms with E-state index in [2.05, 4.69) is 15.5 Å². The highest BCUT2D eigenvalue weighted by atomic mass is 32.2. The molecule has 0 atom stereocenters.